The number of carbonyl (C=O) groups excluding carboxylic acids is 1. The lowest BCUT2D eigenvalue weighted by Crippen LogP contribution is -2.22. The van der Waals surface area contributed by atoms with Gasteiger partial charge in [-0.25, -0.2) is 14.4 Å². The van der Waals surface area contributed by atoms with Gasteiger partial charge in [0.2, 0.25) is 5.91 Å². The van der Waals surface area contributed by atoms with Crippen molar-refractivity contribution in [2.75, 3.05) is 4.90 Å². The number of benzene rings is 2. The summed E-state index contributed by atoms with van der Waals surface area (Å²) in [6.07, 6.45) is 2.57. The molecule has 0 bridgehead atoms. The molecule has 0 aliphatic heterocycles. The number of thioether (sulfide) groups is 1. The standard InChI is InChI=1S/C23H20FN3O2S2/c1-3-16-4-10-20(11-5-16)27(15(2)28)22-26-19(13-30-22)14-31-23-25-12-21(29-23)17-6-8-18(24)9-7-17/h4-13H,3,14H2,1-2H3. The van der Waals surface area contributed by atoms with Crippen LogP contribution in [0.5, 0.6) is 0 Å². The number of carbonyl (C=O) groups is 1. The number of hydrogen-bond donors (Lipinski definition) is 0. The first-order chi connectivity index (χ1) is 15.0. The maximum absolute atomic E-state index is 13.1. The number of aromatic nitrogens is 2. The van der Waals surface area contributed by atoms with E-state index in [-0.39, 0.29) is 11.7 Å². The zero-order valence-electron chi connectivity index (χ0n) is 17.0. The smallest absolute Gasteiger partial charge is 0.256 e. The van der Waals surface area contributed by atoms with Crippen LogP contribution in [-0.4, -0.2) is 15.9 Å². The molecule has 0 saturated carbocycles. The van der Waals surface area contributed by atoms with Crippen molar-refractivity contribution in [3.8, 4) is 11.3 Å². The summed E-state index contributed by atoms with van der Waals surface area (Å²) in [5.41, 5.74) is 3.62. The largest absolute Gasteiger partial charge is 0.431 e. The Bertz CT molecular complexity index is 1170. The Kier molecular flexibility index (Phi) is 6.48. The van der Waals surface area contributed by atoms with Crippen molar-refractivity contribution >= 4 is 39.8 Å². The van der Waals surface area contributed by atoms with Crippen molar-refractivity contribution in [3.63, 3.8) is 0 Å². The minimum Gasteiger partial charge on any atom is -0.431 e. The van der Waals surface area contributed by atoms with E-state index >= 15 is 0 Å². The molecule has 0 aliphatic rings. The van der Waals surface area contributed by atoms with Crippen LogP contribution in [0.25, 0.3) is 11.3 Å². The van der Waals surface area contributed by atoms with E-state index in [1.807, 2.05) is 29.6 Å². The summed E-state index contributed by atoms with van der Waals surface area (Å²) in [6, 6.07) is 14.0. The maximum atomic E-state index is 13.1. The minimum absolute atomic E-state index is 0.0885. The second-order valence-electron chi connectivity index (χ2n) is 6.78. The summed E-state index contributed by atoms with van der Waals surface area (Å²) in [4.78, 5) is 22.8. The second kappa shape index (κ2) is 9.45. The lowest BCUT2D eigenvalue weighted by Gasteiger charge is -2.18. The molecule has 5 nitrogen and oxygen atoms in total. The molecule has 2 aromatic heterocycles. The third-order valence-corrected chi connectivity index (χ3v) is 6.36. The first-order valence-electron chi connectivity index (χ1n) is 9.72. The van der Waals surface area contributed by atoms with Crippen LogP contribution in [0.15, 0.2) is 69.7 Å². The monoisotopic (exact) mass is 453 g/mol. The number of thiazole rings is 1. The number of anilines is 2. The zero-order valence-corrected chi connectivity index (χ0v) is 18.7. The maximum Gasteiger partial charge on any atom is 0.256 e. The van der Waals surface area contributed by atoms with E-state index in [0.29, 0.717) is 21.9 Å². The third kappa shape index (κ3) is 5.03. The van der Waals surface area contributed by atoms with Gasteiger partial charge >= 0.3 is 0 Å². The van der Waals surface area contributed by atoms with E-state index in [4.69, 9.17) is 4.42 Å². The topological polar surface area (TPSA) is 59.2 Å². The molecule has 158 valence electrons. The molecule has 4 aromatic rings. The van der Waals surface area contributed by atoms with Gasteiger partial charge in [-0.1, -0.05) is 30.8 Å². The molecule has 2 aromatic carbocycles. The lowest BCUT2D eigenvalue weighted by molar-refractivity contribution is -0.115. The summed E-state index contributed by atoms with van der Waals surface area (Å²) in [7, 11) is 0. The van der Waals surface area contributed by atoms with Gasteiger partial charge < -0.3 is 4.42 Å². The van der Waals surface area contributed by atoms with Crippen molar-refractivity contribution in [1.82, 2.24) is 9.97 Å². The molecule has 4 rings (SSSR count). The Balaban J connectivity index is 1.44. The predicted molar refractivity (Wildman–Crippen MR) is 122 cm³/mol. The molecule has 31 heavy (non-hydrogen) atoms. The number of hydrogen-bond acceptors (Lipinski definition) is 6. The van der Waals surface area contributed by atoms with E-state index in [1.54, 1.807) is 23.2 Å². The average molecular weight is 454 g/mol. The number of halogens is 1. The Morgan fingerprint density at radius 3 is 2.58 bits per heavy atom. The van der Waals surface area contributed by atoms with Crippen LogP contribution >= 0.6 is 23.1 Å². The minimum atomic E-state index is -0.293. The van der Waals surface area contributed by atoms with Crippen molar-refractivity contribution in [2.24, 2.45) is 0 Å². The van der Waals surface area contributed by atoms with Crippen molar-refractivity contribution in [2.45, 2.75) is 31.2 Å². The van der Waals surface area contributed by atoms with Gasteiger partial charge in [-0.3, -0.25) is 9.69 Å². The summed E-state index contributed by atoms with van der Waals surface area (Å²) >= 11 is 2.84. The molecule has 8 heteroatoms. The summed E-state index contributed by atoms with van der Waals surface area (Å²) in [5, 5.41) is 3.07. The van der Waals surface area contributed by atoms with E-state index in [0.717, 1.165) is 23.4 Å². The Morgan fingerprint density at radius 1 is 1.16 bits per heavy atom. The van der Waals surface area contributed by atoms with Gasteiger partial charge in [0.25, 0.3) is 5.22 Å². The molecule has 0 unspecified atom stereocenters. The van der Waals surface area contributed by atoms with Crippen LogP contribution in [0.3, 0.4) is 0 Å². The van der Waals surface area contributed by atoms with Crippen LogP contribution in [0.4, 0.5) is 15.2 Å². The zero-order chi connectivity index (χ0) is 21.8. The SMILES string of the molecule is CCc1ccc(N(C(C)=O)c2nc(CSc3ncc(-c4ccc(F)cc4)o3)cs2)cc1. The van der Waals surface area contributed by atoms with Gasteiger partial charge in [-0.05, 0) is 48.4 Å². The first-order valence-corrected chi connectivity index (χ1v) is 11.6. The number of rotatable bonds is 7. The van der Waals surface area contributed by atoms with Crippen molar-refractivity contribution < 1.29 is 13.6 Å². The second-order valence-corrected chi connectivity index (χ2v) is 8.54. The van der Waals surface area contributed by atoms with Crippen LogP contribution < -0.4 is 4.90 Å². The highest BCUT2D eigenvalue weighted by atomic mass is 32.2. The van der Waals surface area contributed by atoms with Gasteiger partial charge in [0.05, 0.1) is 17.6 Å². The summed E-state index contributed by atoms with van der Waals surface area (Å²) < 4.78 is 18.8. The predicted octanol–water partition coefficient (Wildman–Crippen LogP) is 6.48. The van der Waals surface area contributed by atoms with Gasteiger partial charge in [-0.2, -0.15) is 0 Å². The van der Waals surface area contributed by atoms with E-state index in [9.17, 15) is 9.18 Å². The lowest BCUT2D eigenvalue weighted by atomic mass is 10.1. The highest BCUT2D eigenvalue weighted by molar-refractivity contribution is 7.98. The van der Waals surface area contributed by atoms with Gasteiger partial charge in [0.1, 0.15) is 5.82 Å². The molecule has 0 spiro atoms. The molecule has 0 N–H and O–H groups in total. The third-order valence-electron chi connectivity index (χ3n) is 4.61. The normalized spacial score (nSPS) is 10.9. The first kappa shape index (κ1) is 21.3. The fourth-order valence-corrected chi connectivity index (χ4v) is 4.67. The molecule has 0 saturated heterocycles. The molecule has 1 amide bonds. The van der Waals surface area contributed by atoms with Crippen LogP contribution in [0.1, 0.15) is 25.1 Å². The van der Waals surface area contributed by atoms with Gasteiger partial charge in [0.15, 0.2) is 10.9 Å². The number of aryl methyl sites for hydroxylation is 1. The molecule has 0 atom stereocenters. The summed E-state index contributed by atoms with van der Waals surface area (Å²) in [5.74, 6) is 0.757. The molecule has 0 fully saturated rings. The molecule has 0 aliphatic carbocycles. The molecular weight excluding hydrogens is 433 g/mol. The van der Waals surface area contributed by atoms with Crippen LogP contribution in [-0.2, 0) is 17.0 Å². The number of oxazole rings is 1. The number of amides is 1. The highest BCUT2D eigenvalue weighted by Gasteiger charge is 2.18. The highest BCUT2D eigenvalue weighted by Crippen LogP contribution is 2.32. The van der Waals surface area contributed by atoms with Gasteiger partial charge in [0, 0.05) is 23.6 Å². The van der Waals surface area contributed by atoms with E-state index < -0.39 is 0 Å². The van der Waals surface area contributed by atoms with Crippen molar-refractivity contribution in [3.05, 3.63) is 77.2 Å². The molecule has 0 radical (unpaired) electrons. The van der Waals surface area contributed by atoms with E-state index in [1.165, 1.54) is 47.7 Å². The summed E-state index contributed by atoms with van der Waals surface area (Å²) in [6.45, 7) is 3.63. The van der Waals surface area contributed by atoms with Crippen LogP contribution in [0, 0.1) is 5.82 Å². The molecule has 2 heterocycles. The van der Waals surface area contributed by atoms with E-state index in [2.05, 4.69) is 16.9 Å². The van der Waals surface area contributed by atoms with Crippen LogP contribution in [0.2, 0.25) is 0 Å². The quantitative estimate of drug-likeness (QED) is 0.300. The number of nitrogens with zero attached hydrogens (tertiary/aromatic N) is 3. The average Bonchev–Trinajstić information content (AvgIpc) is 3.43. The Labute approximate surface area is 188 Å². The Hall–Kier alpha value is -2.97. The van der Waals surface area contributed by atoms with Gasteiger partial charge in [-0.15, -0.1) is 11.3 Å². The molecular formula is C23H20FN3O2S2. The fourth-order valence-electron chi connectivity index (χ4n) is 2.98. The fraction of sp³-hybridized carbons (Fsp3) is 0.174. The Morgan fingerprint density at radius 2 is 1.90 bits per heavy atom. The van der Waals surface area contributed by atoms with Crippen molar-refractivity contribution in [1.29, 1.82) is 0 Å².